The third-order valence-corrected chi connectivity index (χ3v) is 1.07. The molecule has 0 fully saturated rings. The van der Waals surface area contributed by atoms with E-state index in [1.165, 1.54) is 6.92 Å². The van der Waals surface area contributed by atoms with Gasteiger partial charge in [-0.05, 0) is 6.92 Å². The van der Waals surface area contributed by atoms with E-state index in [1.54, 1.807) is 0 Å². The van der Waals surface area contributed by atoms with Crippen LogP contribution in [0.3, 0.4) is 0 Å². The number of aliphatic hydroxyl groups is 2. The maximum atomic E-state index is 10.5. The standard InChI is InChI=1S/C7H12O6.K.H/c1-5(13-7(11)3-9)4-12-6(10)2-8;;/h5,8-9H,2-4H2,1H3;;/q;+1;-1. The van der Waals surface area contributed by atoms with Crippen LogP contribution in [0.1, 0.15) is 8.35 Å². The average Bonchev–Trinajstić information content (AvgIpc) is 2.13. The van der Waals surface area contributed by atoms with Crippen molar-refractivity contribution in [3.05, 3.63) is 0 Å². The molecule has 0 saturated heterocycles. The maximum Gasteiger partial charge on any atom is 1.00 e. The van der Waals surface area contributed by atoms with E-state index in [4.69, 9.17) is 10.2 Å². The van der Waals surface area contributed by atoms with Crippen molar-refractivity contribution in [2.75, 3.05) is 19.8 Å². The molecule has 1 unspecified atom stereocenters. The number of aliphatic hydroxyl groups excluding tert-OH is 2. The third kappa shape index (κ3) is 9.07. The van der Waals surface area contributed by atoms with Gasteiger partial charge >= 0.3 is 63.3 Å². The molecular weight excluding hydrogens is 219 g/mol. The second-order valence-electron chi connectivity index (χ2n) is 2.30. The predicted molar refractivity (Wildman–Crippen MR) is 41.8 cm³/mol. The van der Waals surface area contributed by atoms with Gasteiger partial charge in [0.05, 0.1) is 0 Å². The molecule has 0 aromatic carbocycles. The minimum absolute atomic E-state index is 0. The van der Waals surface area contributed by atoms with Gasteiger partial charge in [0.25, 0.3) is 0 Å². The molecule has 0 aromatic heterocycles. The van der Waals surface area contributed by atoms with Gasteiger partial charge in [0.1, 0.15) is 25.9 Å². The molecule has 0 aromatic rings. The fourth-order valence-corrected chi connectivity index (χ4v) is 0.552. The molecule has 0 aliphatic rings. The Labute approximate surface area is 125 Å². The number of hydrogen-bond acceptors (Lipinski definition) is 6. The number of rotatable bonds is 5. The van der Waals surface area contributed by atoms with Crippen molar-refractivity contribution in [3.63, 3.8) is 0 Å². The number of esters is 2. The zero-order valence-electron chi connectivity index (χ0n) is 9.23. The van der Waals surface area contributed by atoms with Gasteiger partial charge in [0.15, 0.2) is 0 Å². The molecule has 0 saturated carbocycles. The van der Waals surface area contributed by atoms with Gasteiger partial charge in [-0.3, -0.25) is 0 Å². The molecule has 0 aliphatic heterocycles. The second-order valence-corrected chi connectivity index (χ2v) is 2.30. The van der Waals surface area contributed by atoms with Gasteiger partial charge in [-0.2, -0.15) is 0 Å². The molecule has 2 N–H and O–H groups in total. The molecule has 0 heterocycles. The Balaban J connectivity index is -0.000000720. The summed E-state index contributed by atoms with van der Waals surface area (Å²) in [6.07, 6.45) is -0.629. The summed E-state index contributed by atoms with van der Waals surface area (Å²) in [5, 5.41) is 16.5. The fourth-order valence-electron chi connectivity index (χ4n) is 0.552. The summed E-state index contributed by atoms with van der Waals surface area (Å²) in [6, 6.07) is 0. The van der Waals surface area contributed by atoms with Gasteiger partial charge < -0.3 is 21.1 Å². The Kier molecular flexibility index (Phi) is 12.1. The van der Waals surface area contributed by atoms with Crippen molar-refractivity contribution >= 4 is 11.9 Å². The Morgan fingerprint density at radius 3 is 2.21 bits per heavy atom. The van der Waals surface area contributed by atoms with Crippen molar-refractivity contribution in [3.8, 4) is 0 Å². The third-order valence-electron chi connectivity index (χ3n) is 1.07. The maximum absolute atomic E-state index is 10.5. The van der Waals surface area contributed by atoms with Crippen LogP contribution in [0.2, 0.25) is 0 Å². The Morgan fingerprint density at radius 1 is 1.29 bits per heavy atom. The van der Waals surface area contributed by atoms with Crippen molar-refractivity contribution in [1.29, 1.82) is 0 Å². The van der Waals surface area contributed by atoms with Crippen LogP contribution < -0.4 is 51.4 Å². The Morgan fingerprint density at radius 2 is 1.79 bits per heavy atom. The van der Waals surface area contributed by atoms with E-state index in [0.717, 1.165) is 0 Å². The molecule has 0 amide bonds. The quantitative estimate of drug-likeness (QED) is 0.367. The molecule has 7 heteroatoms. The van der Waals surface area contributed by atoms with Crippen molar-refractivity contribution in [2.45, 2.75) is 13.0 Å². The molecule has 0 rings (SSSR count). The van der Waals surface area contributed by atoms with Crippen LogP contribution in [-0.4, -0.2) is 48.1 Å². The molecule has 1 atom stereocenters. The van der Waals surface area contributed by atoms with Crippen LogP contribution in [0.5, 0.6) is 0 Å². The number of carbonyl (C=O) groups is 2. The molecule has 0 aliphatic carbocycles. The molecule has 6 nitrogen and oxygen atoms in total. The molecule has 14 heavy (non-hydrogen) atoms. The zero-order chi connectivity index (χ0) is 10.3. The molecule has 0 bridgehead atoms. The van der Waals surface area contributed by atoms with Crippen molar-refractivity contribution < 1.29 is 82.1 Å². The van der Waals surface area contributed by atoms with Crippen LogP contribution in [0.15, 0.2) is 0 Å². The van der Waals surface area contributed by atoms with Gasteiger partial charge in [-0.25, -0.2) is 9.59 Å². The summed E-state index contributed by atoms with van der Waals surface area (Å²) in [5.74, 6) is -1.57. The molecular formula is C7H13KO6. The Bertz CT molecular complexity index is 188. The number of carbonyl (C=O) groups excluding carboxylic acids is 2. The van der Waals surface area contributed by atoms with E-state index in [9.17, 15) is 9.59 Å². The minimum atomic E-state index is -0.785. The van der Waals surface area contributed by atoms with Crippen molar-refractivity contribution in [1.82, 2.24) is 0 Å². The van der Waals surface area contributed by atoms with E-state index in [0.29, 0.717) is 0 Å². The van der Waals surface area contributed by atoms with E-state index >= 15 is 0 Å². The second kappa shape index (κ2) is 10.0. The predicted octanol–water partition coefficient (Wildman–Crippen LogP) is -4.44. The van der Waals surface area contributed by atoms with Crippen LogP contribution >= 0.6 is 0 Å². The summed E-state index contributed by atoms with van der Waals surface area (Å²) in [5.41, 5.74) is 0. The van der Waals surface area contributed by atoms with Gasteiger partial charge in [-0.15, -0.1) is 0 Å². The first kappa shape index (κ1) is 16.9. The summed E-state index contributed by atoms with van der Waals surface area (Å²) < 4.78 is 9.00. The summed E-state index contributed by atoms with van der Waals surface area (Å²) in [4.78, 5) is 20.9. The number of hydrogen-bond donors (Lipinski definition) is 2. The minimum Gasteiger partial charge on any atom is -1.00 e. The van der Waals surface area contributed by atoms with Crippen LogP contribution in [0, 0.1) is 0 Å². The average molecular weight is 232 g/mol. The van der Waals surface area contributed by atoms with Gasteiger partial charge in [-0.1, -0.05) is 0 Å². The van der Waals surface area contributed by atoms with Crippen LogP contribution in [0.25, 0.3) is 0 Å². The van der Waals surface area contributed by atoms with Gasteiger partial charge in [0.2, 0.25) is 0 Å². The van der Waals surface area contributed by atoms with Crippen molar-refractivity contribution in [2.24, 2.45) is 0 Å². The SMILES string of the molecule is CC(COC(=O)CO)OC(=O)CO.[H-].[K+]. The summed E-state index contributed by atoms with van der Waals surface area (Å²) >= 11 is 0. The normalized spacial score (nSPS) is 11.1. The topological polar surface area (TPSA) is 93.1 Å². The first-order chi connectivity index (χ1) is 6.10. The van der Waals surface area contributed by atoms with E-state index < -0.39 is 31.3 Å². The largest absolute Gasteiger partial charge is 1.00 e. The van der Waals surface area contributed by atoms with Crippen LogP contribution in [0.4, 0.5) is 0 Å². The first-order valence-electron chi connectivity index (χ1n) is 3.67. The van der Waals surface area contributed by atoms with E-state index in [-0.39, 0.29) is 59.4 Å². The monoisotopic (exact) mass is 232 g/mol. The molecule has 78 valence electrons. The Hall–Kier alpha value is 0.496. The fraction of sp³-hybridized carbons (Fsp3) is 0.714. The van der Waals surface area contributed by atoms with Gasteiger partial charge in [0, 0.05) is 0 Å². The number of ether oxygens (including phenoxy) is 2. The van der Waals surface area contributed by atoms with E-state index in [2.05, 4.69) is 9.47 Å². The van der Waals surface area contributed by atoms with Crippen LogP contribution in [-0.2, 0) is 19.1 Å². The first-order valence-corrected chi connectivity index (χ1v) is 3.67. The summed E-state index contributed by atoms with van der Waals surface area (Å²) in [7, 11) is 0. The smallest absolute Gasteiger partial charge is 1.00 e. The summed E-state index contributed by atoms with van der Waals surface area (Å²) in [6.45, 7) is -0.0533. The van der Waals surface area contributed by atoms with E-state index in [1.807, 2.05) is 0 Å². The molecule has 0 radical (unpaired) electrons. The molecule has 0 spiro atoms. The zero-order valence-corrected chi connectivity index (χ0v) is 11.3.